The SMILES string of the molecule is C/C=N\C(=C/C)Cc1cnc2ccc(-c3cc(C)c(=O)n(C)c3)cn12. The van der Waals surface area contributed by atoms with Crippen LogP contribution in [0.25, 0.3) is 16.8 Å². The maximum Gasteiger partial charge on any atom is 0.253 e. The highest BCUT2D eigenvalue weighted by atomic mass is 16.1. The number of pyridine rings is 2. The van der Waals surface area contributed by atoms with Gasteiger partial charge in [-0.15, -0.1) is 0 Å². The minimum atomic E-state index is 0.0308. The van der Waals surface area contributed by atoms with Gasteiger partial charge in [0, 0.05) is 55.2 Å². The van der Waals surface area contributed by atoms with Crippen molar-refractivity contribution in [1.82, 2.24) is 14.0 Å². The summed E-state index contributed by atoms with van der Waals surface area (Å²) in [5, 5.41) is 0. The van der Waals surface area contributed by atoms with Crippen LogP contribution in [-0.4, -0.2) is 20.2 Å². The first-order valence-electron chi connectivity index (χ1n) is 8.31. The van der Waals surface area contributed by atoms with Crippen molar-refractivity contribution in [1.29, 1.82) is 0 Å². The normalized spacial score (nSPS) is 12.4. The van der Waals surface area contributed by atoms with Gasteiger partial charge in [0.25, 0.3) is 5.56 Å². The van der Waals surface area contributed by atoms with Crippen LogP contribution in [0.1, 0.15) is 25.1 Å². The van der Waals surface area contributed by atoms with E-state index in [1.807, 2.05) is 57.4 Å². The third-order valence-electron chi connectivity index (χ3n) is 4.27. The van der Waals surface area contributed by atoms with Crippen LogP contribution in [0.3, 0.4) is 0 Å². The van der Waals surface area contributed by atoms with Crippen molar-refractivity contribution in [2.24, 2.45) is 12.0 Å². The Morgan fingerprint density at radius 1 is 1.24 bits per heavy atom. The van der Waals surface area contributed by atoms with Crippen molar-refractivity contribution in [2.45, 2.75) is 27.2 Å². The van der Waals surface area contributed by atoms with Crippen LogP contribution in [0, 0.1) is 6.92 Å². The molecule has 3 heterocycles. The zero-order chi connectivity index (χ0) is 18.0. The number of fused-ring (bicyclic) bond motifs is 1. The molecule has 0 radical (unpaired) electrons. The number of imidazole rings is 1. The topological polar surface area (TPSA) is 51.7 Å². The van der Waals surface area contributed by atoms with E-state index >= 15 is 0 Å². The molecule has 5 heteroatoms. The molecule has 3 aromatic heterocycles. The van der Waals surface area contributed by atoms with Crippen LogP contribution in [-0.2, 0) is 13.5 Å². The average Bonchev–Trinajstić information content (AvgIpc) is 3.01. The lowest BCUT2D eigenvalue weighted by Crippen LogP contribution is -2.18. The first kappa shape index (κ1) is 16.9. The highest BCUT2D eigenvalue weighted by Crippen LogP contribution is 2.21. The third kappa shape index (κ3) is 3.31. The fraction of sp³-hybridized carbons (Fsp3) is 0.250. The fourth-order valence-electron chi connectivity index (χ4n) is 2.94. The van der Waals surface area contributed by atoms with Crippen molar-refractivity contribution in [2.75, 3.05) is 0 Å². The minimum Gasteiger partial charge on any atom is -0.318 e. The molecular formula is C20H22N4O. The number of rotatable bonds is 4. The molecule has 0 atom stereocenters. The molecule has 128 valence electrons. The molecule has 0 bridgehead atoms. The Labute approximate surface area is 147 Å². The van der Waals surface area contributed by atoms with E-state index < -0.39 is 0 Å². The quantitative estimate of drug-likeness (QED) is 0.685. The predicted molar refractivity (Wildman–Crippen MR) is 102 cm³/mol. The summed E-state index contributed by atoms with van der Waals surface area (Å²) >= 11 is 0. The Morgan fingerprint density at radius 2 is 2.04 bits per heavy atom. The number of nitrogens with zero attached hydrogens (tertiary/aromatic N) is 4. The van der Waals surface area contributed by atoms with Crippen molar-refractivity contribution < 1.29 is 0 Å². The van der Waals surface area contributed by atoms with Crippen LogP contribution in [0.15, 0.2) is 58.3 Å². The summed E-state index contributed by atoms with van der Waals surface area (Å²) in [6.07, 6.45) is 10.4. The Balaban J connectivity index is 2.08. The van der Waals surface area contributed by atoms with E-state index in [0.717, 1.165) is 40.1 Å². The van der Waals surface area contributed by atoms with Gasteiger partial charge >= 0.3 is 0 Å². The number of hydrogen-bond donors (Lipinski definition) is 0. The molecule has 0 aliphatic rings. The molecule has 0 aromatic carbocycles. The second kappa shape index (κ2) is 6.89. The molecular weight excluding hydrogens is 312 g/mol. The number of hydrogen-bond acceptors (Lipinski definition) is 3. The Bertz CT molecular complexity index is 1010. The van der Waals surface area contributed by atoms with Gasteiger partial charge in [-0.1, -0.05) is 6.08 Å². The van der Waals surface area contributed by atoms with E-state index in [4.69, 9.17) is 0 Å². The lowest BCUT2D eigenvalue weighted by Gasteiger charge is -2.08. The zero-order valence-corrected chi connectivity index (χ0v) is 15.0. The largest absolute Gasteiger partial charge is 0.318 e. The molecule has 0 aliphatic heterocycles. The molecule has 0 aliphatic carbocycles. The molecule has 0 unspecified atom stereocenters. The molecule has 0 amide bonds. The molecule has 25 heavy (non-hydrogen) atoms. The molecule has 0 spiro atoms. The number of aryl methyl sites for hydroxylation is 2. The van der Waals surface area contributed by atoms with E-state index in [1.165, 1.54) is 0 Å². The van der Waals surface area contributed by atoms with E-state index in [0.29, 0.717) is 0 Å². The standard InChI is InChI=1S/C20H22N4O/c1-5-17(21-6-2)10-18-11-22-19-8-7-15(13-24(18)19)16-9-14(3)20(25)23(4)12-16/h5-9,11-13H,10H2,1-4H3/b17-5-,21-6-. The van der Waals surface area contributed by atoms with Crippen molar-refractivity contribution in [3.8, 4) is 11.1 Å². The summed E-state index contributed by atoms with van der Waals surface area (Å²) in [6, 6.07) is 5.96. The minimum absolute atomic E-state index is 0.0308. The Hall–Kier alpha value is -2.95. The van der Waals surface area contributed by atoms with E-state index in [1.54, 1.807) is 17.8 Å². The van der Waals surface area contributed by atoms with Gasteiger partial charge in [0.2, 0.25) is 0 Å². The number of aromatic nitrogens is 3. The summed E-state index contributed by atoms with van der Waals surface area (Å²) < 4.78 is 3.71. The highest BCUT2D eigenvalue weighted by molar-refractivity contribution is 5.64. The molecule has 0 saturated carbocycles. The molecule has 0 saturated heterocycles. The second-order valence-electron chi connectivity index (χ2n) is 6.07. The molecule has 3 rings (SSSR count). The first-order chi connectivity index (χ1) is 12.0. The van der Waals surface area contributed by atoms with E-state index in [2.05, 4.69) is 20.6 Å². The summed E-state index contributed by atoms with van der Waals surface area (Å²) in [4.78, 5) is 20.8. The average molecular weight is 334 g/mol. The summed E-state index contributed by atoms with van der Waals surface area (Å²) in [5.41, 5.74) is 5.81. The molecule has 0 N–H and O–H groups in total. The van der Waals surface area contributed by atoms with Gasteiger partial charge in [0.15, 0.2) is 0 Å². The monoisotopic (exact) mass is 334 g/mol. The second-order valence-corrected chi connectivity index (χ2v) is 6.07. The molecule has 0 fully saturated rings. The van der Waals surface area contributed by atoms with Crippen LogP contribution in [0.2, 0.25) is 0 Å². The van der Waals surface area contributed by atoms with Crippen molar-refractivity contribution in [3.63, 3.8) is 0 Å². The van der Waals surface area contributed by atoms with Gasteiger partial charge in [-0.3, -0.25) is 9.79 Å². The van der Waals surface area contributed by atoms with E-state index in [-0.39, 0.29) is 5.56 Å². The number of aliphatic imine (C=N–C) groups is 1. The van der Waals surface area contributed by atoms with Gasteiger partial charge in [-0.2, -0.15) is 0 Å². The van der Waals surface area contributed by atoms with Gasteiger partial charge in [0.1, 0.15) is 5.65 Å². The van der Waals surface area contributed by atoms with Gasteiger partial charge < -0.3 is 8.97 Å². The van der Waals surface area contributed by atoms with Gasteiger partial charge in [-0.25, -0.2) is 4.98 Å². The van der Waals surface area contributed by atoms with Crippen LogP contribution >= 0.6 is 0 Å². The van der Waals surface area contributed by atoms with Crippen LogP contribution < -0.4 is 5.56 Å². The summed E-state index contributed by atoms with van der Waals surface area (Å²) in [5.74, 6) is 0. The van der Waals surface area contributed by atoms with Crippen LogP contribution in [0.5, 0.6) is 0 Å². The molecule has 5 nitrogen and oxygen atoms in total. The summed E-state index contributed by atoms with van der Waals surface area (Å²) in [7, 11) is 1.78. The third-order valence-corrected chi connectivity index (χ3v) is 4.27. The maximum atomic E-state index is 11.9. The Morgan fingerprint density at radius 3 is 2.72 bits per heavy atom. The highest BCUT2D eigenvalue weighted by Gasteiger charge is 2.08. The predicted octanol–water partition coefficient (Wildman–Crippen LogP) is 3.55. The van der Waals surface area contributed by atoms with Gasteiger partial charge in [-0.05, 0) is 50.1 Å². The van der Waals surface area contributed by atoms with Crippen molar-refractivity contribution >= 4 is 11.9 Å². The van der Waals surface area contributed by atoms with Crippen LogP contribution in [0.4, 0.5) is 0 Å². The zero-order valence-electron chi connectivity index (χ0n) is 15.0. The lowest BCUT2D eigenvalue weighted by atomic mass is 10.1. The maximum absolute atomic E-state index is 11.9. The first-order valence-corrected chi connectivity index (χ1v) is 8.31. The molecule has 3 aromatic rings. The Kier molecular flexibility index (Phi) is 4.65. The van der Waals surface area contributed by atoms with E-state index in [9.17, 15) is 4.79 Å². The van der Waals surface area contributed by atoms with Crippen molar-refractivity contribution in [3.05, 3.63) is 70.2 Å². The number of allylic oxidation sites excluding steroid dienone is 2. The lowest BCUT2D eigenvalue weighted by molar-refractivity contribution is 0.850. The fourth-order valence-corrected chi connectivity index (χ4v) is 2.94. The smallest absolute Gasteiger partial charge is 0.253 e. The van der Waals surface area contributed by atoms with Gasteiger partial charge in [0.05, 0.1) is 0 Å². The summed E-state index contributed by atoms with van der Waals surface area (Å²) in [6.45, 7) is 5.75.